The summed E-state index contributed by atoms with van der Waals surface area (Å²) in [5.41, 5.74) is -5.01. The summed E-state index contributed by atoms with van der Waals surface area (Å²) in [6.07, 6.45) is -7.54. The zero-order valence-electron chi connectivity index (χ0n) is 15.0. The van der Waals surface area contributed by atoms with Crippen LogP contribution in [0, 0.1) is 0 Å². The zero-order chi connectivity index (χ0) is 26.1. The molecule has 32 heavy (non-hydrogen) atoms. The molecule has 0 aromatic carbocycles. The summed E-state index contributed by atoms with van der Waals surface area (Å²) in [5.74, 6) is -45.6. The van der Waals surface area contributed by atoms with Gasteiger partial charge in [0.25, 0.3) is 0 Å². The predicted octanol–water partition coefficient (Wildman–Crippen LogP) is 6.04. The minimum atomic E-state index is -7.98. The first-order valence-corrected chi connectivity index (χ1v) is 7.96. The molecular weight excluding hydrogens is 524 g/mol. The van der Waals surface area contributed by atoms with Crippen molar-refractivity contribution in [2.24, 2.45) is 0 Å². The Labute approximate surface area is 171 Å². The predicted molar refractivity (Wildman–Crippen MR) is 73.9 cm³/mol. The summed E-state index contributed by atoms with van der Waals surface area (Å²) in [6, 6.07) is -3.45. The Morgan fingerprint density at radius 1 is 0.625 bits per heavy atom. The quantitative estimate of drug-likeness (QED) is 0.391. The molecule has 1 aliphatic rings. The first kappa shape index (κ1) is 28.7. The second-order valence-electron chi connectivity index (χ2n) is 6.67. The summed E-state index contributed by atoms with van der Waals surface area (Å²) in [5, 5.41) is -1.41. The largest absolute Gasteiger partial charge is 0.460 e. The van der Waals surface area contributed by atoms with E-state index in [-0.39, 0.29) is 0 Å². The third kappa shape index (κ3) is 3.37. The summed E-state index contributed by atoms with van der Waals surface area (Å²) >= 11 is 5.15. The standard InChI is InChI=1S/C13H9ClF16N2/c1-3-4(14)5(32-31-3)7(16,17)10(22,23)11(24,25)8(18,19)6(2,15)9(20,21)12(26,27)13(28,29)30/h5,31-32H,1-2H3/t5-,6+/m0/s1. The summed E-state index contributed by atoms with van der Waals surface area (Å²) in [6.45, 7) is -0.907. The SMILES string of the molecule is CC1=C(Cl)[C@@H](C(F)(F)C(F)(F)C(F)(F)C(F)(F)[C@@](C)(F)C(F)(F)C(F)(F)C(F)(F)F)NN1. The topological polar surface area (TPSA) is 24.1 Å². The molecule has 0 aromatic rings. The maximum atomic E-state index is 14.0. The molecule has 2 N–H and O–H groups in total. The molecule has 1 aliphatic heterocycles. The molecular formula is C13H9ClF16N2. The van der Waals surface area contributed by atoms with Crippen LogP contribution >= 0.6 is 11.6 Å². The van der Waals surface area contributed by atoms with Crippen LogP contribution in [0.5, 0.6) is 0 Å². The second-order valence-corrected chi connectivity index (χ2v) is 7.08. The molecule has 0 bridgehead atoms. The molecule has 0 aromatic heterocycles. The van der Waals surface area contributed by atoms with Crippen molar-refractivity contribution in [3.63, 3.8) is 0 Å². The molecule has 0 saturated carbocycles. The van der Waals surface area contributed by atoms with E-state index in [1.165, 1.54) is 0 Å². The monoisotopic (exact) mass is 532 g/mol. The highest BCUT2D eigenvalue weighted by atomic mass is 35.5. The number of rotatable bonds is 7. The van der Waals surface area contributed by atoms with Gasteiger partial charge in [0, 0.05) is 5.70 Å². The van der Waals surface area contributed by atoms with Gasteiger partial charge in [0.2, 0.25) is 5.67 Å². The smallest absolute Gasteiger partial charge is 0.324 e. The molecule has 1 rings (SSSR count). The Balaban J connectivity index is 3.66. The Morgan fingerprint density at radius 3 is 1.31 bits per heavy atom. The van der Waals surface area contributed by atoms with E-state index in [9.17, 15) is 70.2 Å². The molecule has 1 heterocycles. The van der Waals surface area contributed by atoms with Crippen molar-refractivity contribution in [3.05, 3.63) is 10.7 Å². The van der Waals surface area contributed by atoms with E-state index in [2.05, 4.69) is 0 Å². The van der Waals surface area contributed by atoms with Gasteiger partial charge in [0.05, 0.1) is 5.03 Å². The summed E-state index contributed by atoms with van der Waals surface area (Å²) in [7, 11) is 0. The Kier molecular flexibility index (Phi) is 6.58. The first-order valence-electron chi connectivity index (χ1n) is 7.58. The molecule has 0 spiro atoms. The van der Waals surface area contributed by atoms with Gasteiger partial charge in [0.15, 0.2) is 0 Å². The van der Waals surface area contributed by atoms with E-state index in [0.717, 1.165) is 12.3 Å². The van der Waals surface area contributed by atoms with Crippen molar-refractivity contribution in [2.75, 3.05) is 0 Å². The fourth-order valence-corrected chi connectivity index (χ4v) is 2.56. The zero-order valence-corrected chi connectivity index (χ0v) is 15.8. The number of alkyl halides is 16. The fraction of sp³-hybridized carbons (Fsp3) is 0.846. The normalized spacial score (nSPS) is 22.2. The van der Waals surface area contributed by atoms with Gasteiger partial charge in [0.1, 0.15) is 6.04 Å². The summed E-state index contributed by atoms with van der Waals surface area (Å²) < 4.78 is 215. The Hall–Kier alpha value is -1.33. The molecule has 0 unspecified atom stereocenters. The molecule has 19 heteroatoms. The van der Waals surface area contributed by atoms with Crippen LogP contribution in [0.1, 0.15) is 13.8 Å². The van der Waals surface area contributed by atoms with Crippen LogP contribution in [0.25, 0.3) is 0 Å². The van der Waals surface area contributed by atoms with Gasteiger partial charge in [-0.1, -0.05) is 11.6 Å². The van der Waals surface area contributed by atoms with E-state index in [0.29, 0.717) is 0 Å². The van der Waals surface area contributed by atoms with Crippen molar-refractivity contribution in [3.8, 4) is 0 Å². The van der Waals surface area contributed by atoms with Crippen molar-refractivity contribution >= 4 is 11.6 Å². The lowest BCUT2D eigenvalue weighted by Gasteiger charge is -2.45. The van der Waals surface area contributed by atoms with Gasteiger partial charge in [-0.3, -0.25) is 0 Å². The van der Waals surface area contributed by atoms with Crippen LogP contribution in [-0.4, -0.2) is 53.4 Å². The first-order chi connectivity index (χ1) is 13.7. The minimum Gasteiger partial charge on any atom is -0.324 e. The molecule has 2 atom stereocenters. The van der Waals surface area contributed by atoms with Gasteiger partial charge < -0.3 is 5.43 Å². The molecule has 2 nitrogen and oxygen atoms in total. The lowest BCUT2D eigenvalue weighted by molar-refractivity contribution is -0.435. The molecule has 0 aliphatic carbocycles. The van der Waals surface area contributed by atoms with Crippen LogP contribution in [0.4, 0.5) is 70.2 Å². The minimum absolute atomic E-state index is 0.631. The third-order valence-electron chi connectivity index (χ3n) is 4.52. The van der Waals surface area contributed by atoms with Crippen LogP contribution in [0.15, 0.2) is 10.7 Å². The lowest BCUT2D eigenvalue weighted by Crippen LogP contribution is -2.76. The number of halogens is 17. The number of allylic oxidation sites excluding steroid dienone is 1. The van der Waals surface area contributed by atoms with Crippen LogP contribution in [0.2, 0.25) is 0 Å². The van der Waals surface area contributed by atoms with Gasteiger partial charge in [-0.15, -0.1) is 0 Å². The van der Waals surface area contributed by atoms with Gasteiger partial charge >= 0.3 is 41.7 Å². The number of hydrogen-bond donors (Lipinski definition) is 2. The van der Waals surface area contributed by atoms with E-state index in [4.69, 9.17) is 11.6 Å². The molecule has 0 saturated heterocycles. The highest BCUT2D eigenvalue weighted by Gasteiger charge is 2.93. The van der Waals surface area contributed by atoms with Crippen LogP contribution in [0.3, 0.4) is 0 Å². The fourth-order valence-electron chi connectivity index (χ4n) is 2.32. The molecule has 190 valence electrons. The van der Waals surface area contributed by atoms with Crippen molar-refractivity contribution in [2.45, 2.75) is 67.3 Å². The Bertz CT molecular complexity index is 768. The average Bonchev–Trinajstić information content (AvgIpc) is 2.92. The van der Waals surface area contributed by atoms with Gasteiger partial charge in [-0.25, -0.2) is 9.82 Å². The van der Waals surface area contributed by atoms with Crippen molar-refractivity contribution in [1.82, 2.24) is 10.9 Å². The number of nitrogens with one attached hydrogen (secondary N) is 2. The number of hydrazine groups is 1. The average molecular weight is 533 g/mol. The van der Waals surface area contributed by atoms with Gasteiger partial charge in [-0.05, 0) is 13.8 Å². The summed E-state index contributed by atoms with van der Waals surface area (Å²) in [4.78, 5) is 0. The molecule has 0 radical (unpaired) electrons. The number of hydrogen-bond acceptors (Lipinski definition) is 2. The highest BCUT2D eigenvalue weighted by Crippen LogP contribution is 2.63. The third-order valence-corrected chi connectivity index (χ3v) is 5.02. The van der Waals surface area contributed by atoms with E-state index >= 15 is 0 Å². The second kappa shape index (κ2) is 7.33. The van der Waals surface area contributed by atoms with Crippen molar-refractivity contribution in [1.29, 1.82) is 0 Å². The van der Waals surface area contributed by atoms with Crippen molar-refractivity contribution < 1.29 is 70.2 Å². The van der Waals surface area contributed by atoms with E-state index in [1.54, 1.807) is 5.43 Å². The Morgan fingerprint density at radius 2 is 1.00 bits per heavy atom. The lowest BCUT2D eigenvalue weighted by atomic mass is 9.80. The van der Waals surface area contributed by atoms with Gasteiger partial charge in [-0.2, -0.15) is 65.9 Å². The van der Waals surface area contributed by atoms with Crippen LogP contribution < -0.4 is 10.9 Å². The molecule has 0 fully saturated rings. The maximum absolute atomic E-state index is 14.0. The van der Waals surface area contributed by atoms with E-state index in [1.807, 2.05) is 0 Å². The highest BCUT2D eigenvalue weighted by molar-refractivity contribution is 6.30. The maximum Gasteiger partial charge on any atom is 0.460 e. The van der Waals surface area contributed by atoms with Crippen LogP contribution in [-0.2, 0) is 0 Å². The molecule has 0 amide bonds. The van der Waals surface area contributed by atoms with E-state index < -0.39 is 71.1 Å².